The molecular formula is C10H14N2O2. The summed E-state index contributed by atoms with van der Waals surface area (Å²) < 4.78 is 0. The summed E-state index contributed by atoms with van der Waals surface area (Å²) in [7, 11) is 0. The van der Waals surface area contributed by atoms with Crippen molar-refractivity contribution >= 4 is 5.97 Å². The number of hydrogen-bond donors (Lipinski definition) is 2. The number of nitrogens with zero attached hydrogens (tertiary/aromatic N) is 1. The minimum atomic E-state index is -0.848. The van der Waals surface area contributed by atoms with E-state index in [0.29, 0.717) is 6.54 Å². The van der Waals surface area contributed by atoms with Crippen LogP contribution in [0.3, 0.4) is 0 Å². The van der Waals surface area contributed by atoms with Crippen molar-refractivity contribution in [1.82, 2.24) is 10.3 Å². The molecule has 0 unspecified atom stereocenters. The Hall–Kier alpha value is -1.42. The Balaban J connectivity index is 2.53. The third-order valence-corrected chi connectivity index (χ3v) is 1.93. The number of nitrogens with one attached hydrogen (secondary N) is 1. The van der Waals surface area contributed by atoms with E-state index >= 15 is 0 Å². The van der Waals surface area contributed by atoms with Crippen LogP contribution in [-0.2, 0) is 17.8 Å². The summed E-state index contributed by atoms with van der Waals surface area (Å²) in [6.07, 6.45) is 2.63. The molecule has 0 bridgehead atoms. The van der Waals surface area contributed by atoms with Gasteiger partial charge in [0.25, 0.3) is 0 Å². The number of aromatic nitrogens is 1. The molecule has 1 aromatic rings. The van der Waals surface area contributed by atoms with Gasteiger partial charge in [0.1, 0.15) is 0 Å². The van der Waals surface area contributed by atoms with Gasteiger partial charge < -0.3 is 10.4 Å². The Morgan fingerprint density at radius 3 is 3.07 bits per heavy atom. The summed E-state index contributed by atoms with van der Waals surface area (Å²) in [5.74, 6) is -0.848. The number of hydrogen-bond acceptors (Lipinski definition) is 3. The zero-order chi connectivity index (χ0) is 10.4. The van der Waals surface area contributed by atoms with Gasteiger partial charge in [-0.2, -0.15) is 0 Å². The summed E-state index contributed by atoms with van der Waals surface area (Å²) in [4.78, 5) is 14.5. The number of carboxylic acids is 1. The maximum absolute atomic E-state index is 10.3. The molecule has 0 atom stereocenters. The van der Waals surface area contributed by atoms with E-state index < -0.39 is 5.97 Å². The molecule has 0 spiro atoms. The molecule has 0 aliphatic carbocycles. The quantitative estimate of drug-likeness (QED) is 0.728. The number of carboxylic acid groups (broad SMARTS) is 1. The molecule has 0 aromatic carbocycles. The van der Waals surface area contributed by atoms with Crippen molar-refractivity contribution in [2.75, 3.05) is 6.54 Å². The molecule has 1 rings (SSSR count). The second-order valence-corrected chi connectivity index (χ2v) is 2.96. The van der Waals surface area contributed by atoms with Gasteiger partial charge >= 0.3 is 5.97 Å². The molecule has 4 heteroatoms. The molecule has 0 amide bonds. The Labute approximate surface area is 83.0 Å². The number of aryl methyl sites for hydroxylation is 1. The zero-order valence-electron chi connectivity index (χ0n) is 8.16. The van der Waals surface area contributed by atoms with E-state index in [4.69, 9.17) is 5.11 Å². The van der Waals surface area contributed by atoms with Gasteiger partial charge in [0.05, 0.1) is 12.2 Å². The summed E-state index contributed by atoms with van der Waals surface area (Å²) in [6, 6.07) is 3.89. The van der Waals surface area contributed by atoms with Gasteiger partial charge in [-0.15, -0.1) is 0 Å². The standard InChI is InChI=1S/C10H14N2O2/c1-2-8-4-3-5-12-9(8)6-11-7-10(13)14/h3-5,11H,2,6-7H2,1H3,(H,13,14). The van der Waals surface area contributed by atoms with E-state index in [0.717, 1.165) is 17.7 Å². The number of carbonyl (C=O) groups is 1. The summed E-state index contributed by atoms with van der Waals surface area (Å²) >= 11 is 0. The van der Waals surface area contributed by atoms with Gasteiger partial charge in [-0.1, -0.05) is 13.0 Å². The minimum Gasteiger partial charge on any atom is -0.480 e. The van der Waals surface area contributed by atoms with Crippen LogP contribution in [0, 0.1) is 0 Å². The number of pyridine rings is 1. The van der Waals surface area contributed by atoms with E-state index in [1.165, 1.54) is 0 Å². The Bertz CT molecular complexity index is 313. The van der Waals surface area contributed by atoms with Gasteiger partial charge in [-0.05, 0) is 18.1 Å². The third-order valence-electron chi connectivity index (χ3n) is 1.93. The monoisotopic (exact) mass is 194 g/mol. The molecule has 0 saturated carbocycles. The van der Waals surface area contributed by atoms with E-state index in [1.807, 2.05) is 12.1 Å². The second kappa shape index (κ2) is 5.34. The van der Waals surface area contributed by atoms with Crippen LogP contribution in [0.15, 0.2) is 18.3 Å². The van der Waals surface area contributed by atoms with Crippen molar-refractivity contribution in [3.8, 4) is 0 Å². The molecule has 0 saturated heterocycles. The van der Waals surface area contributed by atoms with Crippen LogP contribution >= 0.6 is 0 Å². The van der Waals surface area contributed by atoms with Gasteiger partial charge in [0.2, 0.25) is 0 Å². The fraction of sp³-hybridized carbons (Fsp3) is 0.400. The van der Waals surface area contributed by atoms with Crippen molar-refractivity contribution < 1.29 is 9.90 Å². The van der Waals surface area contributed by atoms with E-state index in [1.54, 1.807) is 6.20 Å². The highest BCUT2D eigenvalue weighted by molar-refractivity contribution is 5.68. The van der Waals surface area contributed by atoms with Crippen LogP contribution in [0.1, 0.15) is 18.2 Å². The molecule has 1 aromatic heterocycles. The fourth-order valence-corrected chi connectivity index (χ4v) is 1.24. The van der Waals surface area contributed by atoms with Crippen molar-refractivity contribution in [1.29, 1.82) is 0 Å². The lowest BCUT2D eigenvalue weighted by Gasteiger charge is -2.05. The molecule has 14 heavy (non-hydrogen) atoms. The van der Waals surface area contributed by atoms with Crippen molar-refractivity contribution in [2.45, 2.75) is 19.9 Å². The second-order valence-electron chi connectivity index (χ2n) is 2.96. The van der Waals surface area contributed by atoms with Crippen LogP contribution in [0.25, 0.3) is 0 Å². The zero-order valence-corrected chi connectivity index (χ0v) is 8.16. The van der Waals surface area contributed by atoms with E-state index in [9.17, 15) is 4.79 Å². The molecule has 0 radical (unpaired) electrons. The SMILES string of the molecule is CCc1cccnc1CNCC(=O)O. The van der Waals surface area contributed by atoms with Gasteiger partial charge in [0.15, 0.2) is 0 Å². The topological polar surface area (TPSA) is 62.2 Å². The number of aliphatic carboxylic acids is 1. The lowest BCUT2D eigenvalue weighted by Crippen LogP contribution is -2.23. The Morgan fingerprint density at radius 2 is 2.43 bits per heavy atom. The number of rotatable bonds is 5. The Morgan fingerprint density at radius 1 is 1.64 bits per heavy atom. The summed E-state index contributed by atoms with van der Waals surface area (Å²) in [5.41, 5.74) is 2.08. The predicted octanol–water partition coefficient (Wildman–Crippen LogP) is 0.818. The highest BCUT2D eigenvalue weighted by atomic mass is 16.4. The Kier molecular flexibility index (Phi) is 4.07. The fourth-order valence-electron chi connectivity index (χ4n) is 1.24. The first-order chi connectivity index (χ1) is 6.74. The van der Waals surface area contributed by atoms with Crippen molar-refractivity contribution in [3.63, 3.8) is 0 Å². The molecular weight excluding hydrogens is 180 g/mol. The maximum Gasteiger partial charge on any atom is 0.317 e. The van der Waals surface area contributed by atoms with Gasteiger partial charge in [-0.3, -0.25) is 9.78 Å². The predicted molar refractivity (Wildman–Crippen MR) is 53.0 cm³/mol. The van der Waals surface area contributed by atoms with Crippen molar-refractivity contribution in [2.24, 2.45) is 0 Å². The van der Waals surface area contributed by atoms with Gasteiger partial charge in [-0.25, -0.2) is 0 Å². The van der Waals surface area contributed by atoms with E-state index in [2.05, 4.69) is 17.2 Å². The average Bonchev–Trinajstić information content (AvgIpc) is 2.18. The summed E-state index contributed by atoms with van der Waals surface area (Å²) in [5, 5.41) is 11.2. The molecule has 0 aliphatic rings. The van der Waals surface area contributed by atoms with Crippen LogP contribution in [0.4, 0.5) is 0 Å². The highest BCUT2D eigenvalue weighted by Gasteiger charge is 2.01. The largest absolute Gasteiger partial charge is 0.480 e. The highest BCUT2D eigenvalue weighted by Crippen LogP contribution is 2.05. The first-order valence-electron chi connectivity index (χ1n) is 4.59. The minimum absolute atomic E-state index is 0.0280. The van der Waals surface area contributed by atoms with Crippen molar-refractivity contribution in [3.05, 3.63) is 29.6 Å². The molecule has 2 N–H and O–H groups in total. The van der Waals surface area contributed by atoms with Crippen LogP contribution in [0.5, 0.6) is 0 Å². The van der Waals surface area contributed by atoms with Crippen LogP contribution in [0.2, 0.25) is 0 Å². The van der Waals surface area contributed by atoms with Crippen LogP contribution < -0.4 is 5.32 Å². The molecule has 76 valence electrons. The van der Waals surface area contributed by atoms with E-state index in [-0.39, 0.29) is 6.54 Å². The first kappa shape index (κ1) is 10.7. The molecule has 1 heterocycles. The molecule has 0 fully saturated rings. The van der Waals surface area contributed by atoms with Gasteiger partial charge in [0, 0.05) is 12.7 Å². The normalized spacial score (nSPS) is 10.1. The first-order valence-corrected chi connectivity index (χ1v) is 4.59. The lowest BCUT2D eigenvalue weighted by atomic mass is 10.1. The maximum atomic E-state index is 10.3. The third kappa shape index (κ3) is 3.14. The van der Waals surface area contributed by atoms with Crippen LogP contribution in [-0.4, -0.2) is 22.6 Å². The smallest absolute Gasteiger partial charge is 0.317 e. The average molecular weight is 194 g/mol. The molecule has 0 aliphatic heterocycles. The molecule has 4 nitrogen and oxygen atoms in total. The summed E-state index contributed by atoms with van der Waals surface area (Å²) in [6.45, 7) is 2.54. The lowest BCUT2D eigenvalue weighted by molar-refractivity contribution is -0.135.